The lowest BCUT2D eigenvalue weighted by Crippen LogP contribution is -2.27. The maximum Gasteiger partial charge on any atom is 0.209 e. The third-order valence-corrected chi connectivity index (χ3v) is 5.52. The summed E-state index contributed by atoms with van der Waals surface area (Å²) in [5.74, 6) is -0.181. The van der Waals surface area contributed by atoms with Crippen LogP contribution >= 0.6 is 11.8 Å². The van der Waals surface area contributed by atoms with E-state index < -0.39 is 18.1 Å². The number of aliphatic hydroxyl groups is 3. The summed E-state index contributed by atoms with van der Waals surface area (Å²) in [5, 5.41) is 43.0. The molecule has 1 aromatic heterocycles. The first kappa shape index (κ1) is 19.5. The van der Waals surface area contributed by atoms with Crippen LogP contribution in [0.3, 0.4) is 0 Å². The molecule has 0 amide bonds. The maximum absolute atomic E-state index is 11.0. The molecule has 0 radical (unpaired) electrons. The van der Waals surface area contributed by atoms with Crippen LogP contribution in [0.1, 0.15) is 28.7 Å². The van der Waals surface area contributed by atoms with Gasteiger partial charge in [0.25, 0.3) is 0 Å². The second-order valence-corrected chi connectivity index (χ2v) is 7.23. The van der Waals surface area contributed by atoms with E-state index in [1.165, 1.54) is 11.8 Å². The number of benzene rings is 2. The highest BCUT2D eigenvalue weighted by Crippen LogP contribution is 2.35. The van der Waals surface area contributed by atoms with Gasteiger partial charge in [-0.05, 0) is 27.1 Å². The van der Waals surface area contributed by atoms with E-state index in [2.05, 4.69) is 15.5 Å². The Labute approximate surface area is 161 Å². The summed E-state index contributed by atoms with van der Waals surface area (Å²) >= 11 is 1.34. The van der Waals surface area contributed by atoms with Crippen molar-refractivity contribution >= 4 is 11.8 Å². The highest BCUT2D eigenvalue weighted by atomic mass is 32.2. The van der Waals surface area contributed by atoms with Crippen LogP contribution in [0, 0.1) is 0 Å². The summed E-state index contributed by atoms with van der Waals surface area (Å²) in [7, 11) is 1.74. The molecule has 0 aliphatic rings. The normalized spacial score (nSPS) is 14.7. The van der Waals surface area contributed by atoms with Gasteiger partial charge in [0.1, 0.15) is 0 Å². The van der Waals surface area contributed by atoms with Crippen molar-refractivity contribution in [2.45, 2.75) is 29.9 Å². The fourth-order valence-corrected chi connectivity index (χ4v) is 3.77. The quantitative estimate of drug-likeness (QED) is 0.506. The molecule has 2 aromatic carbocycles. The van der Waals surface area contributed by atoms with Crippen LogP contribution in [-0.4, -0.2) is 47.4 Å². The van der Waals surface area contributed by atoms with Gasteiger partial charge in [0, 0.05) is 18.7 Å². The number of aryl methyl sites for hydroxylation is 1. The molecule has 142 valence electrons. The van der Waals surface area contributed by atoms with Crippen molar-refractivity contribution in [2.75, 3.05) is 5.75 Å². The van der Waals surface area contributed by atoms with Gasteiger partial charge in [0.15, 0.2) is 0 Å². The first-order valence-corrected chi connectivity index (χ1v) is 9.54. The molecule has 3 atom stereocenters. The Kier molecular flexibility index (Phi) is 6.57. The Morgan fingerprint density at radius 3 is 2.30 bits per heavy atom. The second-order valence-electron chi connectivity index (χ2n) is 6.24. The number of hydrogen-bond donors (Lipinski definition) is 3. The lowest BCUT2D eigenvalue weighted by molar-refractivity contribution is 0.0641. The summed E-state index contributed by atoms with van der Waals surface area (Å²) < 4.78 is 1.54. The molecule has 0 saturated carbocycles. The van der Waals surface area contributed by atoms with Gasteiger partial charge in [0.2, 0.25) is 5.16 Å². The van der Waals surface area contributed by atoms with Crippen molar-refractivity contribution in [3.8, 4) is 0 Å². The zero-order valence-electron chi connectivity index (χ0n) is 14.9. The SMILES string of the molecule is Cn1nnnc1SC[C@@H](O)[C@@H](c1ccccc1)[C@@H](O)c1ccc(CO)cc1. The molecule has 0 spiro atoms. The predicted molar refractivity (Wildman–Crippen MR) is 102 cm³/mol. The van der Waals surface area contributed by atoms with Crippen LogP contribution in [0.15, 0.2) is 59.8 Å². The Morgan fingerprint density at radius 2 is 1.70 bits per heavy atom. The first-order chi connectivity index (χ1) is 13.1. The Hall–Kier alpha value is -2.26. The smallest absolute Gasteiger partial charge is 0.209 e. The van der Waals surface area contributed by atoms with Crippen LogP contribution in [0.5, 0.6) is 0 Å². The molecule has 7 nitrogen and oxygen atoms in total. The van der Waals surface area contributed by atoms with Gasteiger partial charge in [-0.1, -0.05) is 66.4 Å². The predicted octanol–water partition coefficient (Wildman–Crippen LogP) is 1.67. The van der Waals surface area contributed by atoms with Crippen LogP contribution in [0.2, 0.25) is 0 Å². The van der Waals surface area contributed by atoms with E-state index in [1.807, 2.05) is 30.3 Å². The van der Waals surface area contributed by atoms with Crippen LogP contribution in [0.4, 0.5) is 0 Å². The Morgan fingerprint density at radius 1 is 1.00 bits per heavy atom. The van der Waals surface area contributed by atoms with Crippen molar-refractivity contribution in [1.29, 1.82) is 0 Å². The number of aliphatic hydroxyl groups excluding tert-OH is 3. The fraction of sp³-hybridized carbons (Fsp3) is 0.316. The van der Waals surface area contributed by atoms with Crippen LogP contribution < -0.4 is 0 Å². The average molecular weight is 386 g/mol. The number of tetrazole rings is 1. The molecule has 0 unspecified atom stereocenters. The number of rotatable bonds is 8. The number of thioether (sulfide) groups is 1. The molecule has 0 fully saturated rings. The van der Waals surface area contributed by atoms with Gasteiger partial charge < -0.3 is 15.3 Å². The van der Waals surface area contributed by atoms with Gasteiger partial charge in [-0.15, -0.1) is 5.10 Å². The molecule has 0 bridgehead atoms. The standard InChI is InChI=1S/C19H22N4O3S/c1-23-19(20-21-22-23)27-12-16(25)17(14-5-3-2-4-6-14)18(26)15-9-7-13(11-24)8-10-15/h2-10,16-18,24-26H,11-12H2,1H3/t16-,17-,18+/m1/s1. The molecule has 8 heteroatoms. The molecule has 0 aliphatic carbocycles. The zero-order valence-corrected chi connectivity index (χ0v) is 15.7. The minimum Gasteiger partial charge on any atom is -0.392 e. The summed E-state index contributed by atoms with van der Waals surface area (Å²) in [6, 6.07) is 16.6. The lowest BCUT2D eigenvalue weighted by Gasteiger charge is -2.28. The van der Waals surface area contributed by atoms with Crippen molar-refractivity contribution < 1.29 is 15.3 Å². The zero-order chi connectivity index (χ0) is 19.2. The summed E-state index contributed by atoms with van der Waals surface area (Å²) in [5.41, 5.74) is 2.30. The molecule has 27 heavy (non-hydrogen) atoms. The molecule has 0 saturated heterocycles. The van der Waals surface area contributed by atoms with Crippen molar-refractivity contribution in [1.82, 2.24) is 20.2 Å². The number of aromatic nitrogens is 4. The molecule has 1 heterocycles. The minimum absolute atomic E-state index is 0.0521. The third kappa shape index (κ3) is 4.72. The van der Waals surface area contributed by atoms with Crippen molar-refractivity contribution in [3.63, 3.8) is 0 Å². The fourth-order valence-electron chi connectivity index (χ4n) is 2.92. The molecule has 3 rings (SSSR count). The topological polar surface area (TPSA) is 104 Å². The van der Waals surface area contributed by atoms with E-state index in [4.69, 9.17) is 0 Å². The van der Waals surface area contributed by atoms with Crippen molar-refractivity contribution in [3.05, 3.63) is 71.3 Å². The first-order valence-electron chi connectivity index (χ1n) is 8.56. The average Bonchev–Trinajstić information content (AvgIpc) is 3.12. The van der Waals surface area contributed by atoms with Gasteiger partial charge >= 0.3 is 0 Å². The summed E-state index contributed by atoms with van der Waals surface area (Å²) in [4.78, 5) is 0. The van der Waals surface area contributed by atoms with Crippen molar-refractivity contribution in [2.24, 2.45) is 7.05 Å². The highest BCUT2D eigenvalue weighted by molar-refractivity contribution is 7.99. The van der Waals surface area contributed by atoms with Crippen LogP contribution in [-0.2, 0) is 13.7 Å². The van der Waals surface area contributed by atoms with E-state index in [0.29, 0.717) is 16.5 Å². The van der Waals surface area contributed by atoms with E-state index >= 15 is 0 Å². The molecular weight excluding hydrogens is 364 g/mol. The lowest BCUT2D eigenvalue weighted by atomic mass is 9.85. The van der Waals surface area contributed by atoms with Gasteiger partial charge in [-0.3, -0.25) is 0 Å². The third-order valence-electron chi connectivity index (χ3n) is 4.41. The molecular formula is C19H22N4O3S. The number of hydrogen-bond acceptors (Lipinski definition) is 7. The minimum atomic E-state index is -0.895. The van der Waals surface area contributed by atoms with Crippen LogP contribution in [0.25, 0.3) is 0 Å². The summed E-state index contributed by atoms with van der Waals surface area (Å²) in [6.45, 7) is -0.0521. The largest absolute Gasteiger partial charge is 0.392 e. The van der Waals surface area contributed by atoms with Gasteiger partial charge in [0.05, 0.1) is 18.8 Å². The Bertz CT molecular complexity index is 842. The molecule has 3 aromatic rings. The maximum atomic E-state index is 11.0. The molecule has 3 N–H and O–H groups in total. The second kappa shape index (κ2) is 9.09. The van der Waals surface area contributed by atoms with E-state index in [-0.39, 0.29) is 6.61 Å². The Balaban J connectivity index is 1.82. The van der Waals surface area contributed by atoms with E-state index in [1.54, 1.807) is 36.0 Å². The monoisotopic (exact) mass is 386 g/mol. The number of nitrogens with zero attached hydrogens (tertiary/aromatic N) is 4. The highest BCUT2D eigenvalue weighted by Gasteiger charge is 2.30. The van der Waals surface area contributed by atoms with E-state index in [0.717, 1.165) is 11.1 Å². The molecule has 0 aliphatic heterocycles. The van der Waals surface area contributed by atoms with Gasteiger partial charge in [-0.2, -0.15) is 0 Å². The van der Waals surface area contributed by atoms with E-state index in [9.17, 15) is 15.3 Å². The van der Waals surface area contributed by atoms with Gasteiger partial charge in [-0.25, -0.2) is 4.68 Å². The summed E-state index contributed by atoms with van der Waals surface area (Å²) in [6.07, 6.45) is -1.71.